The molecule has 1 saturated heterocycles. The van der Waals surface area contributed by atoms with Crippen LogP contribution in [0.15, 0.2) is 12.1 Å². The number of anilines is 1. The van der Waals surface area contributed by atoms with Crippen molar-refractivity contribution in [3.63, 3.8) is 0 Å². The molecule has 1 aromatic rings. The Morgan fingerprint density at radius 2 is 1.90 bits per heavy atom. The van der Waals surface area contributed by atoms with Crippen molar-refractivity contribution in [1.29, 1.82) is 0 Å². The van der Waals surface area contributed by atoms with E-state index < -0.39 is 20.7 Å². The SMILES string of the molecule is Nc1c(Cl)cc([N+](=O)[O-])cc1C(=O)N1CCS(=O)(=O)CC1. The van der Waals surface area contributed by atoms with Crippen LogP contribution >= 0.6 is 11.6 Å². The predicted octanol–water partition coefficient (Wildman–Crippen LogP) is 0.701. The Morgan fingerprint density at radius 1 is 1.33 bits per heavy atom. The lowest BCUT2D eigenvalue weighted by Crippen LogP contribution is -2.43. The molecule has 114 valence electrons. The largest absolute Gasteiger partial charge is 0.397 e. The summed E-state index contributed by atoms with van der Waals surface area (Å²) in [5.41, 5.74) is 5.20. The Balaban J connectivity index is 2.33. The number of carbonyl (C=O) groups is 1. The highest BCUT2D eigenvalue weighted by Crippen LogP contribution is 2.30. The zero-order valence-corrected chi connectivity index (χ0v) is 12.4. The van der Waals surface area contributed by atoms with Crippen LogP contribution in [0, 0.1) is 10.1 Å². The number of hydrogen-bond acceptors (Lipinski definition) is 6. The fourth-order valence-electron chi connectivity index (χ4n) is 1.97. The summed E-state index contributed by atoms with van der Waals surface area (Å²) in [4.78, 5) is 23.8. The molecule has 1 aromatic carbocycles. The van der Waals surface area contributed by atoms with Crippen LogP contribution in [0.1, 0.15) is 10.4 Å². The quantitative estimate of drug-likeness (QED) is 0.482. The number of nitro groups is 1. The van der Waals surface area contributed by atoms with Gasteiger partial charge in [-0.15, -0.1) is 0 Å². The van der Waals surface area contributed by atoms with E-state index in [2.05, 4.69) is 0 Å². The molecule has 2 rings (SSSR count). The molecule has 0 bridgehead atoms. The number of nitrogens with zero attached hydrogens (tertiary/aromatic N) is 2. The fourth-order valence-corrected chi connectivity index (χ4v) is 3.39. The molecule has 0 radical (unpaired) electrons. The van der Waals surface area contributed by atoms with Gasteiger partial charge < -0.3 is 10.6 Å². The molecule has 1 fully saturated rings. The van der Waals surface area contributed by atoms with Crippen LogP contribution in [-0.2, 0) is 9.84 Å². The Bertz CT molecular complexity index is 705. The summed E-state index contributed by atoms with van der Waals surface area (Å²) in [6.45, 7) is 0.0574. The standard InChI is InChI=1S/C11H12ClN3O5S/c12-9-6-7(15(17)18)5-8(10(9)13)11(16)14-1-3-21(19,20)4-2-14/h5-6H,1-4,13H2. The van der Waals surface area contributed by atoms with Gasteiger partial charge in [0.15, 0.2) is 9.84 Å². The number of nitrogens with two attached hydrogens (primary N) is 1. The van der Waals surface area contributed by atoms with Crippen molar-refractivity contribution in [3.05, 3.63) is 32.8 Å². The average Bonchev–Trinajstić information content (AvgIpc) is 2.40. The highest BCUT2D eigenvalue weighted by molar-refractivity contribution is 7.91. The van der Waals surface area contributed by atoms with E-state index in [0.717, 1.165) is 12.1 Å². The normalized spacial score (nSPS) is 17.5. The second-order valence-corrected chi connectivity index (χ2v) is 7.30. The molecule has 0 atom stereocenters. The number of rotatable bonds is 2. The Kier molecular flexibility index (Phi) is 4.06. The molecule has 8 nitrogen and oxygen atoms in total. The molecular weight excluding hydrogens is 322 g/mol. The predicted molar refractivity (Wildman–Crippen MR) is 77.1 cm³/mol. The maximum Gasteiger partial charge on any atom is 0.271 e. The van der Waals surface area contributed by atoms with Crippen molar-refractivity contribution < 1.29 is 18.1 Å². The van der Waals surface area contributed by atoms with E-state index in [0.29, 0.717) is 0 Å². The summed E-state index contributed by atoms with van der Waals surface area (Å²) in [5.74, 6) is -0.837. The van der Waals surface area contributed by atoms with E-state index in [9.17, 15) is 23.3 Å². The third kappa shape index (κ3) is 3.24. The first kappa shape index (κ1) is 15.5. The first-order valence-electron chi connectivity index (χ1n) is 5.94. The molecule has 0 unspecified atom stereocenters. The molecule has 0 aliphatic carbocycles. The number of non-ortho nitro benzene ring substituents is 1. The second kappa shape index (κ2) is 5.49. The highest BCUT2D eigenvalue weighted by Gasteiger charge is 2.28. The van der Waals surface area contributed by atoms with Gasteiger partial charge in [0.1, 0.15) is 0 Å². The maximum absolute atomic E-state index is 12.3. The van der Waals surface area contributed by atoms with E-state index in [1.165, 1.54) is 4.90 Å². The van der Waals surface area contributed by atoms with Gasteiger partial charge in [0.05, 0.1) is 32.7 Å². The molecule has 1 aliphatic rings. The minimum absolute atomic E-state index is 0.0287. The van der Waals surface area contributed by atoms with Gasteiger partial charge in [0, 0.05) is 25.2 Å². The van der Waals surface area contributed by atoms with Gasteiger partial charge in [-0.1, -0.05) is 11.6 Å². The molecule has 1 heterocycles. The highest BCUT2D eigenvalue weighted by atomic mass is 35.5. The molecule has 0 aromatic heterocycles. The van der Waals surface area contributed by atoms with Gasteiger partial charge in [-0.25, -0.2) is 8.42 Å². The number of nitro benzene ring substituents is 1. The first-order chi connectivity index (χ1) is 9.71. The number of nitrogen functional groups attached to an aromatic ring is 1. The van der Waals surface area contributed by atoms with Gasteiger partial charge >= 0.3 is 0 Å². The van der Waals surface area contributed by atoms with E-state index in [1.54, 1.807) is 0 Å². The summed E-state index contributed by atoms with van der Waals surface area (Å²) >= 11 is 5.80. The first-order valence-corrected chi connectivity index (χ1v) is 8.14. The van der Waals surface area contributed by atoms with Crippen molar-refractivity contribution in [2.45, 2.75) is 0 Å². The van der Waals surface area contributed by atoms with Crippen molar-refractivity contribution in [1.82, 2.24) is 4.90 Å². The minimum Gasteiger partial charge on any atom is -0.397 e. The second-order valence-electron chi connectivity index (χ2n) is 4.59. The third-order valence-corrected chi connectivity index (χ3v) is 5.11. The summed E-state index contributed by atoms with van der Waals surface area (Å²) in [6, 6.07) is 2.11. The van der Waals surface area contributed by atoms with Gasteiger partial charge in [-0.05, 0) is 0 Å². The van der Waals surface area contributed by atoms with E-state index in [1.807, 2.05) is 0 Å². The van der Waals surface area contributed by atoms with Crippen LogP contribution in [-0.4, -0.2) is 48.7 Å². The van der Waals surface area contributed by atoms with E-state index >= 15 is 0 Å². The van der Waals surface area contributed by atoms with Crippen molar-refractivity contribution >= 4 is 38.7 Å². The zero-order valence-electron chi connectivity index (χ0n) is 10.8. The Morgan fingerprint density at radius 3 is 2.43 bits per heavy atom. The number of hydrogen-bond donors (Lipinski definition) is 1. The monoisotopic (exact) mass is 333 g/mol. The topological polar surface area (TPSA) is 124 Å². The van der Waals surface area contributed by atoms with Gasteiger partial charge in [0.2, 0.25) is 0 Å². The van der Waals surface area contributed by atoms with Crippen molar-refractivity contribution in [2.75, 3.05) is 30.3 Å². The molecule has 0 saturated carbocycles. The Labute approximate surface area is 125 Å². The number of sulfone groups is 1. The van der Waals surface area contributed by atoms with Crippen LogP contribution in [0.3, 0.4) is 0 Å². The lowest BCUT2D eigenvalue weighted by Gasteiger charge is -2.27. The summed E-state index contributed by atoms with van der Waals surface area (Å²) in [6.07, 6.45) is 0. The molecule has 0 spiro atoms. The minimum atomic E-state index is -3.13. The summed E-state index contributed by atoms with van der Waals surface area (Å²) < 4.78 is 22.7. The fraction of sp³-hybridized carbons (Fsp3) is 0.364. The van der Waals surface area contributed by atoms with Crippen LogP contribution in [0.25, 0.3) is 0 Å². The van der Waals surface area contributed by atoms with Gasteiger partial charge in [-0.3, -0.25) is 14.9 Å². The van der Waals surface area contributed by atoms with Crippen LogP contribution < -0.4 is 5.73 Å². The third-order valence-electron chi connectivity index (χ3n) is 3.19. The number of amides is 1. The molecule has 21 heavy (non-hydrogen) atoms. The Hall–Kier alpha value is -1.87. The smallest absolute Gasteiger partial charge is 0.271 e. The summed E-state index contributed by atoms with van der Waals surface area (Å²) in [7, 11) is -3.13. The molecular formula is C11H12ClN3O5S. The lowest BCUT2D eigenvalue weighted by atomic mass is 10.1. The van der Waals surface area contributed by atoms with Gasteiger partial charge in [0.25, 0.3) is 11.6 Å². The zero-order chi connectivity index (χ0) is 15.8. The molecule has 1 aliphatic heterocycles. The summed E-state index contributed by atoms with van der Waals surface area (Å²) in [5, 5.41) is 10.7. The lowest BCUT2D eigenvalue weighted by molar-refractivity contribution is -0.384. The average molecular weight is 334 g/mol. The number of benzene rings is 1. The van der Waals surface area contributed by atoms with Crippen LogP contribution in [0.4, 0.5) is 11.4 Å². The van der Waals surface area contributed by atoms with Crippen molar-refractivity contribution in [3.8, 4) is 0 Å². The van der Waals surface area contributed by atoms with Crippen LogP contribution in [0.2, 0.25) is 5.02 Å². The van der Waals surface area contributed by atoms with E-state index in [-0.39, 0.29) is 46.6 Å². The number of halogens is 1. The van der Waals surface area contributed by atoms with E-state index in [4.69, 9.17) is 17.3 Å². The van der Waals surface area contributed by atoms with Gasteiger partial charge in [-0.2, -0.15) is 0 Å². The number of carbonyl (C=O) groups excluding carboxylic acids is 1. The molecule has 1 amide bonds. The van der Waals surface area contributed by atoms with Crippen molar-refractivity contribution in [2.24, 2.45) is 0 Å². The molecule has 10 heteroatoms. The van der Waals surface area contributed by atoms with Crippen LogP contribution in [0.5, 0.6) is 0 Å². The molecule has 2 N–H and O–H groups in total. The maximum atomic E-state index is 12.3.